The number of hydroxylamine groups is 2. The minimum Gasteiger partial charge on any atom is -0.543 e. The quantitative estimate of drug-likeness (QED) is 0.0552. The topological polar surface area (TPSA) is 224 Å². The predicted molar refractivity (Wildman–Crippen MR) is 217 cm³/mol. The Morgan fingerprint density at radius 1 is 0.897 bits per heavy atom. The third kappa shape index (κ3) is 11.7. The van der Waals surface area contributed by atoms with Crippen LogP contribution in [0.1, 0.15) is 78.7 Å². The number of benzene rings is 3. The number of thioether (sulfide) groups is 1. The number of nitro groups is 2. The molecule has 0 radical (unpaired) electrons. The molecule has 58 heavy (non-hydrogen) atoms. The average Bonchev–Trinajstić information content (AvgIpc) is 3.16. The van der Waals surface area contributed by atoms with Gasteiger partial charge in [-0.2, -0.15) is 16.8 Å². The highest BCUT2D eigenvalue weighted by atomic mass is 32.2. The molecule has 3 aromatic rings. The fourth-order valence-corrected chi connectivity index (χ4v) is 7.69. The lowest BCUT2D eigenvalue weighted by molar-refractivity contribution is -0.385. The van der Waals surface area contributed by atoms with Crippen LogP contribution >= 0.6 is 11.8 Å². The summed E-state index contributed by atoms with van der Waals surface area (Å²) in [5.74, 6) is -2.72. The third-order valence-corrected chi connectivity index (χ3v) is 15.0. The van der Waals surface area contributed by atoms with Gasteiger partial charge in [0.1, 0.15) is 18.1 Å². The van der Waals surface area contributed by atoms with Crippen molar-refractivity contribution in [2.45, 2.75) is 90.4 Å². The van der Waals surface area contributed by atoms with Gasteiger partial charge in [0.25, 0.3) is 25.6 Å². The summed E-state index contributed by atoms with van der Waals surface area (Å²) in [5, 5.41) is 33.3. The second-order valence-electron chi connectivity index (χ2n) is 14.7. The maximum absolute atomic E-state index is 13.3. The lowest BCUT2D eigenvalue weighted by Crippen LogP contribution is -2.48. The van der Waals surface area contributed by atoms with Gasteiger partial charge in [0.15, 0.2) is 6.04 Å². The van der Waals surface area contributed by atoms with Crippen LogP contribution in [0.2, 0.25) is 18.1 Å². The number of carbonyl (C=O) groups is 4. The molecular weight excluding hydrogens is 795 g/mol. The number of amides is 1. The Morgan fingerprint density at radius 2 is 1.45 bits per heavy atom. The molecule has 314 valence electrons. The molecule has 0 unspecified atom stereocenters. The van der Waals surface area contributed by atoms with E-state index in [4.69, 9.17) is 23.5 Å². The molecule has 17 nitrogen and oxygen atoms in total. The van der Waals surface area contributed by atoms with Gasteiger partial charge in [-0.3, -0.25) is 25.0 Å². The first kappa shape index (κ1) is 46.7. The van der Waals surface area contributed by atoms with Gasteiger partial charge in [0.05, 0.1) is 29.6 Å². The molecule has 3 rings (SSSR count). The Morgan fingerprint density at radius 3 is 1.91 bits per heavy atom. The van der Waals surface area contributed by atoms with E-state index < -0.39 is 48.2 Å². The van der Waals surface area contributed by atoms with E-state index in [0.29, 0.717) is 39.5 Å². The monoisotopic (exact) mass is 843 g/mol. The second-order valence-corrected chi connectivity index (χ2v) is 20.4. The van der Waals surface area contributed by atoms with Gasteiger partial charge < -0.3 is 28.6 Å². The molecular formula is C39H49N3O14SSi. The summed E-state index contributed by atoms with van der Waals surface area (Å²) < 4.78 is 22.9. The molecule has 0 fully saturated rings. The number of hydrogen-bond donors (Lipinski definition) is 1. The number of carboxylic acid groups (broad SMARTS) is 1. The number of hydrogen-bond acceptors (Lipinski definition) is 14. The van der Waals surface area contributed by atoms with Crippen LogP contribution in [-0.2, 0) is 42.7 Å². The van der Waals surface area contributed by atoms with Crippen molar-refractivity contribution < 1.29 is 57.6 Å². The van der Waals surface area contributed by atoms with Gasteiger partial charge in [0, 0.05) is 65.3 Å². The van der Waals surface area contributed by atoms with E-state index in [1.54, 1.807) is 26.0 Å². The van der Waals surface area contributed by atoms with Crippen molar-refractivity contribution >= 4 is 55.5 Å². The molecule has 3 aromatic carbocycles. The van der Waals surface area contributed by atoms with E-state index in [0.717, 1.165) is 18.9 Å². The number of carboxylic acids is 1. The number of non-ortho nitro benzene ring substituents is 2. The number of esters is 1. The molecule has 0 bridgehead atoms. The Hall–Kier alpha value is -5.69. The van der Waals surface area contributed by atoms with E-state index in [-0.39, 0.29) is 64.2 Å². The summed E-state index contributed by atoms with van der Waals surface area (Å²) in [6.45, 7) is 13.1. The van der Waals surface area contributed by atoms with E-state index in [9.17, 15) is 44.5 Å². The molecule has 0 heterocycles. The summed E-state index contributed by atoms with van der Waals surface area (Å²) >= 11 is 1.04. The number of ether oxygens (including phenoxy) is 3. The van der Waals surface area contributed by atoms with Crippen molar-refractivity contribution in [3.63, 3.8) is 0 Å². The highest BCUT2D eigenvalue weighted by molar-refractivity contribution is 7.98. The maximum atomic E-state index is 13.3. The molecule has 0 aliphatic heterocycles. The highest BCUT2D eigenvalue weighted by Crippen LogP contribution is 2.46. The predicted octanol–water partition coefficient (Wildman–Crippen LogP) is 8.16. The van der Waals surface area contributed by atoms with E-state index in [2.05, 4.69) is 0 Å². The Balaban J connectivity index is 2.05. The van der Waals surface area contributed by atoms with E-state index in [1.165, 1.54) is 43.5 Å². The van der Waals surface area contributed by atoms with Crippen LogP contribution in [0.25, 0.3) is 0 Å². The van der Waals surface area contributed by atoms with Gasteiger partial charge in [-0.1, -0.05) is 39.8 Å². The summed E-state index contributed by atoms with van der Waals surface area (Å²) in [4.78, 5) is 78.9. The molecule has 1 N–H and O–H groups in total. The second kappa shape index (κ2) is 20.1. The molecule has 0 aromatic heterocycles. The van der Waals surface area contributed by atoms with Crippen LogP contribution in [0.15, 0.2) is 48.5 Å². The van der Waals surface area contributed by atoms with Gasteiger partial charge in [0.2, 0.25) is 0 Å². The third-order valence-electron chi connectivity index (χ3n) is 9.61. The van der Waals surface area contributed by atoms with Crippen molar-refractivity contribution in [1.29, 1.82) is 0 Å². The van der Waals surface area contributed by atoms with Crippen molar-refractivity contribution in [3.8, 4) is 11.5 Å². The Bertz CT molecular complexity index is 2000. The van der Waals surface area contributed by atoms with Crippen LogP contribution in [0.4, 0.5) is 16.2 Å². The largest absolute Gasteiger partial charge is 0.543 e. The van der Waals surface area contributed by atoms with E-state index in [1.807, 2.05) is 33.9 Å². The number of nitrogens with zero attached hydrogens (tertiary/aromatic N) is 3. The first-order valence-electron chi connectivity index (χ1n) is 18.1. The van der Waals surface area contributed by atoms with Gasteiger partial charge >= 0.3 is 18.1 Å². The molecule has 0 saturated heterocycles. The van der Waals surface area contributed by atoms with Crippen LogP contribution in [0, 0.1) is 27.2 Å². The molecule has 1 atom stereocenters. The lowest BCUT2D eigenvalue weighted by atomic mass is 9.92. The Labute approximate surface area is 341 Å². The molecule has 19 heteroatoms. The van der Waals surface area contributed by atoms with Crippen LogP contribution < -0.4 is 9.16 Å². The standard InChI is InChI=1S/C39H49N3O14SSi/c1-10-11-32(43)40(55-38(47)54-21-26-14-18-28(19-15-26)42(50)51)31(37(46)53-7)23-57-22-30-33(36(44)45)24(2)34(56-58(8,9)39(3,4)5)29(35(30)52-6)20-25-12-16-27(17-13-25)41(48)49/h12-19,31H,10-11,20-23H2,1-9H3,(H,44,45)/t31-/m1/s1. The van der Waals surface area contributed by atoms with Crippen molar-refractivity contribution in [3.05, 3.63) is 102 Å². The normalized spacial score (nSPS) is 11.9. The molecule has 0 spiro atoms. The van der Waals surface area contributed by atoms with Gasteiger partial charge in [-0.25, -0.2) is 14.4 Å². The summed E-state index contributed by atoms with van der Waals surface area (Å²) in [6.07, 6.45) is -0.966. The average molecular weight is 844 g/mol. The molecule has 0 aliphatic carbocycles. The number of aromatic carboxylic acids is 1. The molecule has 0 aliphatic rings. The van der Waals surface area contributed by atoms with E-state index >= 15 is 0 Å². The van der Waals surface area contributed by atoms with Gasteiger partial charge in [-0.15, -0.1) is 0 Å². The minimum atomic E-state index is -2.60. The number of nitro benzene ring substituents is 2. The first-order chi connectivity index (χ1) is 27.2. The summed E-state index contributed by atoms with van der Waals surface area (Å²) in [6, 6.07) is 9.66. The van der Waals surface area contributed by atoms with Crippen molar-refractivity contribution in [2.24, 2.45) is 0 Å². The first-order valence-corrected chi connectivity index (χ1v) is 22.2. The fourth-order valence-electron chi connectivity index (χ4n) is 5.50. The SMILES string of the molecule is CCCC(=O)N(OC(=O)OCc1ccc([N+](=O)[O-])cc1)[C@H](CSCc1c(OC)c(Cc2ccc([N+](=O)[O-])cc2)c(O[Si](C)(C)C(C)(C)C)c(C)c1C(=O)O)C(=O)OC. The number of carbonyl (C=O) groups excluding carboxylic acids is 3. The zero-order valence-electron chi connectivity index (χ0n) is 33.9. The van der Waals surface area contributed by atoms with Crippen LogP contribution in [0.3, 0.4) is 0 Å². The summed E-state index contributed by atoms with van der Waals surface area (Å²) in [7, 11) is -0.121. The lowest BCUT2D eigenvalue weighted by Gasteiger charge is -2.38. The van der Waals surface area contributed by atoms with Gasteiger partial charge in [-0.05, 0) is 54.7 Å². The molecule has 0 saturated carbocycles. The number of rotatable bonds is 18. The van der Waals surface area contributed by atoms with Crippen molar-refractivity contribution in [2.75, 3.05) is 20.0 Å². The molecule has 1 amide bonds. The highest BCUT2D eigenvalue weighted by Gasteiger charge is 2.41. The number of methoxy groups -OCH3 is 2. The minimum absolute atomic E-state index is 0.0762. The van der Waals surface area contributed by atoms with Crippen molar-refractivity contribution in [1.82, 2.24) is 5.06 Å². The van der Waals surface area contributed by atoms with Crippen LogP contribution in [0.5, 0.6) is 11.5 Å². The maximum Gasteiger partial charge on any atom is 0.533 e. The zero-order valence-corrected chi connectivity index (χ0v) is 35.8. The zero-order chi connectivity index (χ0) is 43.5. The fraction of sp³-hybridized carbons (Fsp3) is 0.436. The summed E-state index contributed by atoms with van der Waals surface area (Å²) in [5.41, 5.74) is 1.79. The Kier molecular flexibility index (Phi) is 16.2. The smallest absolute Gasteiger partial charge is 0.533 e. The van der Waals surface area contributed by atoms with Crippen LogP contribution in [-0.4, -0.2) is 78.3 Å².